The summed E-state index contributed by atoms with van der Waals surface area (Å²) in [7, 11) is 0. The van der Waals surface area contributed by atoms with E-state index in [4.69, 9.17) is 19.4 Å². The minimum Gasteiger partial charge on any atom is -0.381 e. The second kappa shape index (κ2) is 14.6. The second-order valence-corrected chi connectivity index (χ2v) is 15.4. The first-order chi connectivity index (χ1) is 24.7. The number of rotatable bonds is 10. The lowest BCUT2D eigenvalue weighted by atomic mass is 9.96. The Labute approximate surface area is 296 Å². The minimum absolute atomic E-state index is 0.396. The predicted octanol–water partition coefficient (Wildman–Crippen LogP) is 8.68. The topological polar surface area (TPSA) is 82.3 Å². The summed E-state index contributed by atoms with van der Waals surface area (Å²) in [6.07, 6.45) is 12.3. The third-order valence-corrected chi connectivity index (χ3v) is 12.2. The van der Waals surface area contributed by atoms with Gasteiger partial charge in [0.15, 0.2) is 0 Å². The number of benzene rings is 3. The fourth-order valence-electron chi connectivity index (χ4n) is 9.15. The number of aromatic amines is 2. The van der Waals surface area contributed by atoms with Crippen molar-refractivity contribution in [2.24, 2.45) is 11.8 Å². The molecule has 262 valence electrons. The van der Waals surface area contributed by atoms with Gasteiger partial charge in [-0.05, 0) is 149 Å². The standard InChI is InChI=1S/C42H52N6O2/c1-3-39(47(19-1)21-13-29-15-23-49-24-16-29)41-43-35-11-9-33(27-37(35)45-41)31-5-7-32(8-6-31)34-10-12-36-38(28-34)46-42(44-36)40-4-2-20-48(40)22-14-30-17-25-50-26-18-30/h5-12,27-30,39-40H,1-4,13-26H2,(H,43,45)(H,44,46)/t39-,40-/m0/s1. The van der Waals surface area contributed by atoms with Crippen LogP contribution in [-0.2, 0) is 9.47 Å². The molecule has 2 atom stereocenters. The van der Waals surface area contributed by atoms with Gasteiger partial charge in [0, 0.05) is 26.4 Å². The summed E-state index contributed by atoms with van der Waals surface area (Å²) in [4.78, 5) is 23.0. The highest BCUT2D eigenvalue weighted by Crippen LogP contribution is 2.36. The SMILES string of the molecule is c1cc(-c2ccc3[nH]c([C@@H]4CCCN4CCC4CCOCC4)nc3c2)ccc1-c1ccc2[nH]c([C@@H]3CCCN3CCC3CCOCC3)nc2c1. The first kappa shape index (κ1) is 32.4. The van der Waals surface area contributed by atoms with Gasteiger partial charge in [0.25, 0.3) is 0 Å². The van der Waals surface area contributed by atoms with Gasteiger partial charge in [0.05, 0.1) is 34.2 Å². The van der Waals surface area contributed by atoms with Gasteiger partial charge in [-0.1, -0.05) is 36.4 Å². The van der Waals surface area contributed by atoms with Gasteiger partial charge in [0.2, 0.25) is 0 Å². The highest BCUT2D eigenvalue weighted by molar-refractivity contribution is 5.84. The highest BCUT2D eigenvalue weighted by atomic mass is 16.5. The highest BCUT2D eigenvalue weighted by Gasteiger charge is 2.30. The molecule has 4 saturated heterocycles. The van der Waals surface area contributed by atoms with Gasteiger partial charge >= 0.3 is 0 Å². The van der Waals surface area contributed by atoms with E-state index in [0.29, 0.717) is 12.1 Å². The zero-order valence-electron chi connectivity index (χ0n) is 29.4. The van der Waals surface area contributed by atoms with E-state index in [0.717, 1.165) is 85.1 Å². The Bertz CT molecular complexity index is 1750. The lowest BCUT2D eigenvalue weighted by molar-refractivity contribution is 0.0592. The van der Waals surface area contributed by atoms with E-state index in [1.54, 1.807) is 0 Å². The van der Waals surface area contributed by atoms with Crippen LogP contribution in [0.25, 0.3) is 44.3 Å². The van der Waals surface area contributed by atoms with E-state index in [2.05, 4.69) is 80.4 Å². The molecule has 0 unspecified atom stereocenters. The number of H-pyrrole nitrogens is 2. The van der Waals surface area contributed by atoms with Gasteiger partial charge < -0.3 is 19.4 Å². The summed E-state index contributed by atoms with van der Waals surface area (Å²) in [6, 6.07) is 23.1. The maximum atomic E-state index is 5.58. The summed E-state index contributed by atoms with van der Waals surface area (Å²) >= 11 is 0. The number of hydrogen-bond donors (Lipinski definition) is 2. The molecular formula is C42H52N6O2. The molecule has 2 N–H and O–H groups in total. The van der Waals surface area contributed by atoms with Crippen molar-refractivity contribution in [1.82, 2.24) is 29.7 Å². The number of likely N-dealkylation sites (tertiary alicyclic amines) is 2. The van der Waals surface area contributed by atoms with Gasteiger partial charge in [-0.2, -0.15) is 0 Å². The Hall–Kier alpha value is -3.56. The number of hydrogen-bond acceptors (Lipinski definition) is 6. The Morgan fingerprint density at radius 2 is 0.960 bits per heavy atom. The molecule has 0 amide bonds. The van der Waals surface area contributed by atoms with Crippen LogP contribution in [0.3, 0.4) is 0 Å². The summed E-state index contributed by atoms with van der Waals surface area (Å²) in [6.45, 7) is 8.40. The van der Waals surface area contributed by atoms with Crippen LogP contribution in [0.5, 0.6) is 0 Å². The molecule has 4 aliphatic rings. The van der Waals surface area contributed by atoms with E-state index in [1.807, 2.05) is 0 Å². The molecule has 4 aliphatic heterocycles. The third-order valence-electron chi connectivity index (χ3n) is 12.2. The number of nitrogens with zero attached hydrogens (tertiary/aromatic N) is 4. The van der Waals surface area contributed by atoms with Gasteiger partial charge in [-0.3, -0.25) is 9.80 Å². The molecule has 0 aliphatic carbocycles. The van der Waals surface area contributed by atoms with Crippen LogP contribution in [-0.4, -0.2) is 82.3 Å². The maximum absolute atomic E-state index is 5.58. The van der Waals surface area contributed by atoms with Crippen LogP contribution in [0.4, 0.5) is 0 Å². The van der Waals surface area contributed by atoms with Crippen molar-refractivity contribution >= 4 is 22.1 Å². The largest absolute Gasteiger partial charge is 0.381 e. The monoisotopic (exact) mass is 672 g/mol. The minimum atomic E-state index is 0.396. The van der Waals surface area contributed by atoms with Crippen LogP contribution in [0.15, 0.2) is 60.7 Å². The molecule has 5 aromatic rings. The van der Waals surface area contributed by atoms with Gasteiger partial charge in [-0.15, -0.1) is 0 Å². The fraction of sp³-hybridized carbons (Fsp3) is 0.524. The Morgan fingerprint density at radius 1 is 0.540 bits per heavy atom. The fourth-order valence-corrected chi connectivity index (χ4v) is 9.15. The van der Waals surface area contributed by atoms with E-state index in [-0.39, 0.29) is 0 Å². The van der Waals surface area contributed by atoms with Crippen LogP contribution >= 0.6 is 0 Å². The summed E-state index contributed by atoms with van der Waals surface area (Å²) in [5, 5.41) is 0. The van der Waals surface area contributed by atoms with E-state index < -0.39 is 0 Å². The summed E-state index contributed by atoms with van der Waals surface area (Å²) in [5.41, 5.74) is 9.20. The molecule has 0 saturated carbocycles. The molecule has 0 radical (unpaired) electrons. The van der Waals surface area contributed by atoms with Crippen molar-refractivity contribution in [2.75, 3.05) is 52.6 Å². The molecule has 2 aromatic heterocycles. The quantitative estimate of drug-likeness (QED) is 0.155. The normalized spacial score (nSPS) is 23.1. The average Bonchev–Trinajstić information content (AvgIpc) is 3.99. The van der Waals surface area contributed by atoms with Crippen LogP contribution in [0.1, 0.15) is 87.9 Å². The molecule has 0 spiro atoms. The number of imidazole rings is 2. The Balaban J connectivity index is 0.868. The van der Waals surface area contributed by atoms with Crippen LogP contribution in [0.2, 0.25) is 0 Å². The van der Waals surface area contributed by atoms with E-state index in [1.165, 1.54) is 99.6 Å². The molecule has 9 rings (SSSR count). The molecule has 3 aromatic carbocycles. The van der Waals surface area contributed by atoms with Crippen molar-refractivity contribution in [1.29, 1.82) is 0 Å². The first-order valence-corrected chi connectivity index (χ1v) is 19.5. The number of fused-ring (bicyclic) bond motifs is 2. The number of nitrogens with one attached hydrogen (secondary N) is 2. The Morgan fingerprint density at radius 3 is 1.40 bits per heavy atom. The molecule has 8 nitrogen and oxygen atoms in total. The number of ether oxygens (including phenoxy) is 2. The van der Waals surface area contributed by atoms with Crippen molar-refractivity contribution in [2.45, 2.75) is 76.3 Å². The molecule has 6 heterocycles. The zero-order chi connectivity index (χ0) is 33.3. The lowest BCUT2D eigenvalue weighted by Crippen LogP contribution is -2.28. The Kier molecular flexibility index (Phi) is 9.44. The molecule has 0 bridgehead atoms. The molecule has 8 heteroatoms. The first-order valence-electron chi connectivity index (χ1n) is 19.5. The van der Waals surface area contributed by atoms with Crippen molar-refractivity contribution < 1.29 is 9.47 Å². The van der Waals surface area contributed by atoms with E-state index >= 15 is 0 Å². The lowest BCUT2D eigenvalue weighted by Gasteiger charge is -2.27. The maximum Gasteiger partial charge on any atom is 0.124 e. The zero-order valence-corrected chi connectivity index (χ0v) is 29.4. The van der Waals surface area contributed by atoms with Gasteiger partial charge in [-0.25, -0.2) is 9.97 Å². The molecule has 50 heavy (non-hydrogen) atoms. The molecular weight excluding hydrogens is 621 g/mol. The second-order valence-electron chi connectivity index (χ2n) is 15.4. The van der Waals surface area contributed by atoms with Crippen molar-refractivity contribution in [3.05, 3.63) is 72.3 Å². The predicted molar refractivity (Wildman–Crippen MR) is 200 cm³/mol. The van der Waals surface area contributed by atoms with Crippen molar-refractivity contribution in [3.63, 3.8) is 0 Å². The third kappa shape index (κ3) is 6.88. The average molecular weight is 673 g/mol. The number of aromatic nitrogens is 4. The van der Waals surface area contributed by atoms with Crippen LogP contribution in [0, 0.1) is 11.8 Å². The molecule has 4 fully saturated rings. The van der Waals surface area contributed by atoms with Gasteiger partial charge in [0.1, 0.15) is 11.6 Å². The summed E-state index contributed by atoms with van der Waals surface area (Å²) < 4.78 is 11.2. The van der Waals surface area contributed by atoms with E-state index in [9.17, 15) is 0 Å². The summed E-state index contributed by atoms with van der Waals surface area (Å²) in [5.74, 6) is 3.87. The smallest absolute Gasteiger partial charge is 0.124 e. The van der Waals surface area contributed by atoms with Crippen LogP contribution < -0.4 is 0 Å². The van der Waals surface area contributed by atoms with Crippen molar-refractivity contribution in [3.8, 4) is 22.3 Å².